The molecule has 0 saturated carbocycles. The molecule has 7 nitrogen and oxygen atoms in total. The van der Waals surface area contributed by atoms with Gasteiger partial charge in [0.25, 0.3) is 0 Å². The van der Waals surface area contributed by atoms with E-state index in [0.717, 1.165) is 18.8 Å². The fraction of sp³-hybridized carbons (Fsp3) is 0.304. The third-order valence-electron chi connectivity index (χ3n) is 4.37. The van der Waals surface area contributed by atoms with E-state index in [9.17, 15) is 9.59 Å². The molecule has 8 heteroatoms. The third-order valence-corrected chi connectivity index (χ3v) is 5.50. The van der Waals surface area contributed by atoms with E-state index in [0.29, 0.717) is 18.1 Å². The predicted molar refractivity (Wildman–Crippen MR) is 123 cm³/mol. The number of benzene rings is 2. The molecule has 0 aliphatic carbocycles. The minimum absolute atomic E-state index is 0.558. The van der Waals surface area contributed by atoms with E-state index in [1.165, 1.54) is 21.2 Å². The minimum Gasteiger partial charge on any atom is -0.497 e. The lowest BCUT2D eigenvalue weighted by Crippen LogP contribution is -2.31. The van der Waals surface area contributed by atoms with Crippen LogP contribution in [0.2, 0.25) is 0 Å². The highest BCUT2D eigenvalue weighted by atomic mass is 32.2. The van der Waals surface area contributed by atoms with Gasteiger partial charge in [0.15, 0.2) is 0 Å². The van der Waals surface area contributed by atoms with Gasteiger partial charge in [-0.2, -0.15) is 0 Å². The Morgan fingerprint density at radius 1 is 1.06 bits per heavy atom. The Kier molecular flexibility index (Phi) is 8.96. The Balaban J connectivity index is 0.000000366. The number of carbonyl (C=O) groups is 2. The van der Waals surface area contributed by atoms with E-state index in [4.69, 9.17) is 14.9 Å². The number of fused-ring (bicyclic) bond motifs is 2. The zero-order chi connectivity index (χ0) is 23.0. The summed E-state index contributed by atoms with van der Waals surface area (Å²) in [6.45, 7) is 4.38. The van der Waals surface area contributed by atoms with Crippen LogP contribution < -0.4 is 9.64 Å². The summed E-state index contributed by atoms with van der Waals surface area (Å²) >= 11 is 1.84. The molecule has 2 N–H and O–H groups in total. The molecule has 0 bridgehead atoms. The molecule has 3 rings (SSSR count). The van der Waals surface area contributed by atoms with Crippen LogP contribution in [-0.2, 0) is 9.59 Å². The predicted octanol–water partition coefficient (Wildman–Crippen LogP) is 4.21. The number of anilines is 2. The van der Waals surface area contributed by atoms with Crippen LogP contribution in [0.5, 0.6) is 5.75 Å². The van der Waals surface area contributed by atoms with Gasteiger partial charge in [0, 0.05) is 41.1 Å². The van der Waals surface area contributed by atoms with Crippen LogP contribution in [0.25, 0.3) is 0 Å². The minimum atomic E-state index is -1.26. The van der Waals surface area contributed by atoms with Gasteiger partial charge in [0.05, 0.1) is 18.5 Å². The third kappa shape index (κ3) is 7.34. The van der Waals surface area contributed by atoms with Crippen molar-refractivity contribution in [2.45, 2.75) is 16.7 Å². The molecule has 0 spiro atoms. The van der Waals surface area contributed by atoms with Crippen molar-refractivity contribution >= 4 is 35.1 Å². The highest BCUT2D eigenvalue weighted by Gasteiger charge is 2.25. The molecule has 2 aromatic rings. The quantitative estimate of drug-likeness (QED) is 0.614. The number of aliphatic carboxylic acids is 2. The summed E-state index contributed by atoms with van der Waals surface area (Å²) in [6, 6.07) is 15.0. The fourth-order valence-corrected chi connectivity index (χ4v) is 4.34. The average Bonchev–Trinajstić information content (AvgIpc) is 2.71. The van der Waals surface area contributed by atoms with Gasteiger partial charge in [-0.25, -0.2) is 9.59 Å². The summed E-state index contributed by atoms with van der Waals surface area (Å²) in [6.07, 6.45) is 1.12. The van der Waals surface area contributed by atoms with Crippen molar-refractivity contribution in [1.82, 2.24) is 4.90 Å². The van der Waals surface area contributed by atoms with E-state index in [1.54, 1.807) is 7.11 Å². The number of methoxy groups -OCH3 is 1. The van der Waals surface area contributed by atoms with Crippen LogP contribution in [-0.4, -0.2) is 61.3 Å². The first-order valence-corrected chi connectivity index (χ1v) is 10.5. The second-order valence-corrected chi connectivity index (χ2v) is 8.48. The normalized spacial score (nSPS) is 13.1. The van der Waals surface area contributed by atoms with Crippen LogP contribution in [0, 0.1) is 5.92 Å². The zero-order valence-corrected chi connectivity index (χ0v) is 18.9. The lowest BCUT2D eigenvalue weighted by atomic mass is 10.1. The molecule has 1 aliphatic heterocycles. The highest BCUT2D eigenvalue weighted by molar-refractivity contribution is 7.99. The maximum Gasteiger partial charge on any atom is 0.328 e. The molecule has 1 atom stereocenters. The molecule has 1 heterocycles. The SMILES string of the molecule is COc1ccc2c(c1)N(C[C@@H](C)CN(C)C)c1ccccc1S2.O=C(O)/C=C/C(=O)O. The summed E-state index contributed by atoms with van der Waals surface area (Å²) in [5, 5.41) is 15.6. The number of hydrogen-bond donors (Lipinski definition) is 2. The molecule has 0 saturated heterocycles. The Morgan fingerprint density at radius 2 is 1.68 bits per heavy atom. The standard InChI is InChI=1S/C19H24N2OS.C4H4O4/c1-14(12-20(2)3)13-21-16-7-5-6-8-18(16)23-19-10-9-15(22-4)11-17(19)21;5-3(6)1-2-4(7)8/h5-11,14H,12-13H2,1-4H3;1-2H,(H,5,6)(H,7,8)/b;2-1+/t14-;/m0./s1. The van der Waals surface area contributed by atoms with Crippen molar-refractivity contribution in [3.8, 4) is 5.75 Å². The molecule has 0 amide bonds. The Hall–Kier alpha value is -2.97. The van der Waals surface area contributed by atoms with E-state index in [1.807, 2.05) is 17.8 Å². The summed E-state index contributed by atoms with van der Waals surface area (Å²) in [4.78, 5) is 26.4. The van der Waals surface area contributed by atoms with Gasteiger partial charge in [0.2, 0.25) is 0 Å². The number of para-hydroxylation sites is 1. The topological polar surface area (TPSA) is 90.3 Å². The van der Waals surface area contributed by atoms with Crippen LogP contribution in [0.4, 0.5) is 11.4 Å². The Morgan fingerprint density at radius 3 is 2.26 bits per heavy atom. The first kappa shape index (κ1) is 24.3. The second-order valence-electron chi connectivity index (χ2n) is 7.39. The Bertz CT molecular complexity index is 929. The smallest absolute Gasteiger partial charge is 0.328 e. The fourth-order valence-electron chi connectivity index (χ4n) is 3.27. The molecule has 31 heavy (non-hydrogen) atoms. The van der Waals surface area contributed by atoms with Crippen LogP contribution in [0.3, 0.4) is 0 Å². The van der Waals surface area contributed by atoms with Gasteiger partial charge < -0.3 is 24.7 Å². The number of ether oxygens (including phenoxy) is 1. The van der Waals surface area contributed by atoms with Crippen LogP contribution in [0.15, 0.2) is 64.4 Å². The molecule has 166 valence electrons. The zero-order valence-electron chi connectivity index (χ0n) is 18.1. The van der Waals surface area contributed by atoms with Crippen molar-refractivity contribution in [3.63, 3.8) is 0 Å². The van der Waals surface area contributed by atoms with Gasteiger partial charge in [-0.05, 0) is 44.3 Å². The number of carboxylic acids is 2. The van der Waals surface area contributed by atoms with Crippen molar-refractivity contribution < 1.29 is 24.5 Å². The van der Waals surface area contributed by atoms with Crippen molar-refractivity contribution in [3.05, 3.63) is 54.6 Å². The van der Waals surface area contributed by atoms with E-state index < -0.39 is 11.9 Å². The molecule has 1 aliphatic rings. The first-order valence-electron chi connectivity index (χ1n) is 9.72. The maximum atomic E-state index is 9.55. The summed E-state index contributed by atoms with van der Waals surface area (Å²) in [5.74, 6) is -1.03. The monoisotopic (exact) mass is 444 g/mol. The van der Waals surface area contributed by atoms with E-state index >= 15 is 0 Å². The summed E-state index contributed by atoms with van der Waals surface area (Å²) < 4.78 is 5.44. The van der Waals surface area contributed by atoms with Gasteiger partial charge in [0.1, 0.15) is 5.75 Å². The number of rotatable bonds is 7. The summed E-state index contributed by atoms with van der Waals surface area (Å²) in [5.41, 5.74) is 2.54. The molecular formula is C23H28N2O5S. The van der Waals surface area contributed by atoms with Crippen molar-refractivity contribution in [1.29, 1.82) is 0 Å². The van der Waals surface area contributed by atoms with Crippen LogP contribution >= 0.6 is 11.8 Å². The van der Waals surface area contributed by atoms with Crippen molar-refractivity contribution in [2.24, 2.45) is 5.92 Å². The van der Waals surface area contributed by atoms with Crippen molar-refractivity contribution in [2.75, 3.05) is 39.2 Å². The number of nitrogens with zero attached hydrogens (tertiary/aromatic N) is 2. The Labute approximate surface area is 186 Å². The van der Waals surface area contributed by atoms with Gasteiger partial charge in [-0.1, -0.05) is 30.8 Å². The van der Waals surface area contributed by atoms with Crippen LogP contribution in [0.1, 0.15) is 6.92 Å². The maximum absolute atomic E-state index is 9.55. The largest absolute Gasteiger partial charge is 0.497 e. The molecule has 0 fully saturated rings. The van der Waals surface area contributed by atoms with E-state index in [-0.39, 0.29) is 0 Å². The number of hydrogen-bond acceptors (Lipinski definition) is 6. The molecular weight excluding hydrogens is 416 g/mol. The molecule has 2 aromatic carbocycles. The summed E-state index contributed by atoms with van der Waals surface area (Å²) in [7, 11) is 5.99. The van der Waals surface area contributed by atoms with Gasteiger partial charge >= 0.3 is 11.9 Å². The lowest BCUT2D eigenvalue weighted by molar-refractivity contribution is -0.134. The molecule has 0 unspecified atom stereocenters. The first-order chi connectivity index (χ1) is 14.7. The second kappa shape index (κ2) is 11.4. The van der Waals surface area contributed by atoms with Gasteiger partial charge in [-0.15, -0.1) is 0 Å². The highest BCUT2D eigenvalue weighted by Crippen LogP contribution is 2.49. The van der Waals surface area contributed by atoms with Gasteiger partial charge in [-0.3, -0.25) is 0 Å². The van der Waals surface area contributed by atoms with E-state index in [2.05, 4.69) is 67.2 Å². The average molecular weight is 445 g/mol. The molecule has 0 aromatic heterocycles. The lowest BCUT2D eigenvalue weighted by Gasteiger charge is -2.35. The molecule has 0 radical (unpaired) electrons. The number of carboxylic acid groups (broad SMARTS) is 2.